The van der Waals surface area contributed by atoms with Gasteiger partial charge in [-0.3, -0.25) is 4.90 Å². The lowest BCUT2D eigenvalue weighted by molar-refractivity contribution is -0.193. The molecule has 1 unspecified atom stereocenters. The third kappa shape index (κ3) is 12.6. The molecule has 4 rings (SSSR count). The lowest BCUT2D eigenvalue weighted by Gasteiger charge is -2.51. The van der Waals surface area contributed by atoms with Crippen molar-refractivity contribution in [3.8, 4) is 11.9 Å². The van der Waals surface area contributed by atoms with Gasteiger partial charge < -0.3 is 25.0 Å². The standard InChI is InChI=1S/C18H20N6O.3C2HF3O2/c1-23-10-15(11-25-16-4-3-14(8-19)9-22-16)7-18(23)12-24(13-18)17-20-5-2-6-21-17;3*3-2(4,5)1(6)7/h2-6,9,15H,7,10-13H2,1H3;3*(H,6,7). The molecule has 2 aliphatic rings. The van der Waals surface area contributed by atoms with E-state index in [-0.39, 0.29) is 5.54 Å². The number of anilines is 1. The van der Waals surface area contributed by atoms with Crippen LogP contribution in [0.5, 0.6) is 5.88 Å². The molecule has 13 nitrogen and oxygen atoms in total. The van der Waals surface area contributed by atoms with Gasteiger partial charge in [-0.2, -0.15) is 44.8 Å². The second-order valence-corrected chi connectivity index (χ2v) is 9.30. The Morgan fingerprint density at radius 2 is 1.37 bits per heavy atom. The summed E-state index contributed by atoms with van der Waals surface area (Å²) in [4.78, 5) is 44.2. The minimum atomic E-state index is -5.08. The van der Waals surface area contributed by atoms with Crippen molar-refractivity contribution < 1.29 is 74.0 Å². The van der Waals surface area contributed by atoms with Gasteiger partial charge in [-0.1, -0.05) is 0 Å². The monoisotopic (exact) mass is 678 g/mol. The number of halogens is 9. The number of nitriles is 1. The molecule has 3 N–H and O–H groups in total. The molecule has 254 valence electrons. The van der Waals surface area contributed by atoms with Crippen LogP contribution in [0, 0.1) is 17.2 Å². The molecule has 1 atom stereocenters. The third-order valence-corrected chi connectivity index (χ3v) is 5.88. The second kappa shape index (κ2) is 15.9. The van der Waals surface area contributed by atoms with Crippen molar-refractivity contribution in [1.29, 1.82) is 5.26 Å². The van der Waals surface area contributed by atoms with Crippen LogP contribution in [0.25, 0.3) is 0 Å². The zero-order chi connectivity index (χ0) is 35.5. The predicted molar refractivity (Wildman–Crippen MR) is 133 cm³/mol. The number of carboxylic acid groups (broad SMARTS) is 3. The number of likely N-dealkylation sites (tertiary alicyclic amines) is 1. The summed E-state index contributed by atoms with van der Waals surface area (Å²) in [5, 5.41) is 30.2. The predicted octanol–water partition coefficient (Wildman–Crippen LogP) is 3.23. The Bertz CT molecular complexity index is 1290. The number of hydrogen-bond donors (Lipinski definition) is 3. The van der Waals surface area contributed by atoms with E-state index < -0.39 is 36.4 Å². The molecule has 2 fully saturated rings. The molecule has 46 heavy (non-hydrogen) atoms. The lowest BCUT2D eigenvalue weighted by Crippen LogP contribution is -2.67. The molecule has 0 radical (unpaired) electrons. The van der Waals surface area contributed by atoms with Gasteiger partial charge in [0.15, 0.2) is 0 Å². The zero-order valence-corrected chi connectivity index (χ0v) is 23.1. The van der Waals surface area contributed by atoms with Crippen molar-refractivity contribution >= 4 is 23.9 Å². The molecular formula is C24H23F9N6O7. The minimum absolute atomic E-state index is 0.200. The van der Waals surface area contributed by atoms with Gasteiger partial charge in [0.05, 0.1) is 17.7 Å². The summed E-state index contributed by atoms with van der Waals surface area (Å²) in [5.41, 5.74) is 0.746. The molecule has 0 amide bonds. The van der Waals surface area contributed by atoms with Gasteiger partial charge in [0, 0.05) is 50.2 Å². The average molecular weight is 678 g/mol. The molecule has 4 heterocycles. The fraction of sp³-hybridized carbons (Fsp3) is 0.458. The molecule has 22 heteroatoms. The molecular weight excluding hydrogens is 655 g/mol. The van der Waals surface area contributed by atoms with Gasteiger partial charge >= 0.3 is 36.4 Å². The number of aliphatic carboxylic acids is 3. The van der Waals surface area contributed by atoms with Crippen LogP contribution in [0.1, 0.15) is 12.0 Å². The van der Waals surface area contributed by atoms with Crippen LogP contribution in [0.4, 0.5) is 45.5 Å². The summed E-state index contributed by atoms with van der Waals surface area (Å²) in [6.45, 7) is 3.57. The largest absolute Gasteiger partial charge is 0.490 e. The normalized spacial score (nSPS) is 17.0. The number of ether oxygens (including phenoxy) is 1. The highest BCUT2D eigenvalue weighted by Gasteiger charge is 2.52. The van der Waals surface area contributed by atoms with Crippen LogP contribution in [-0.4, -0.2) is 110 Å². The number of likely N-dealkylation sites (N-methyl/N-ethyl adjacent to an activating group) is 1. The Kier molecular flexibility index (Phi) is 13.5. The maximum Gasteiger partial charge on any atom is 0.490 e. The van der Waals surface area contributed by atoms with E-state index >= 15 is 0 Å². The van der Waals surface area contributed by atoms with Crippen LogP contribution in [-0.2, 0) is 14.4 Å². The topological polar surface area (TPSA) is 190 Å². The molecule has 2 aromatic heterocycles. The van der Waals surface area contributed by atoms with Gasteiger partial charge in [-0.25, -0.2) is 29.3 Å². The molecule has 0 saturated carbocycles. The molecule has 2 saturated heterocycles. The first kappa shape index (κ1) is 39.1. The number of alkyl halides is 9. The van der Waals surface area contributed by atoms with Gasteiger partial charge in [0.25, 0.3) is 0 Å². The fourth-order valence-electron chi connectivity index (χ4n) is 3.82. The number of rotatable bonds is 4. The minimum Gasteiger partial charge on any atom is -0.477 e. The highest BCUT2D eigenvalue weighted by molar-refractivity contribution is 5.73. The molecule has 1 spiro atoms. The maximum absolute atomic E-state index is 10.6. The van der Waals surface area contributed by atoms with Crippen LogP contribution < -0.4 is 9.64 Å². The van der Waals surface area contributed by atoms with Crippen LogP contribution in [0.2, 0.25) is 0 Å². The summed E-state index contributed by atoms with van der Waals surface area (Å²) in [7, 11) is 2.18. The quantitative estimate of drug-likeness (QED) is 0.400. The van der Waals surface area contributed by atoms with E-state index in [4.69, 9.17) is 39.7 Å². The van der Waals surface area contributed by atoms with Crippen molar-refractivity contribution in [2.75, 3.05) is 38.2 Å². The van der Waals surface area contributed by atoms with E-state index in [2.05, 4.69) is 37.9 Å². The number of aromatic nitrogens is 3. The lowest BCUT2D eigenvalue weighted by atomic mass is 9.85. The van der Waals surface area contributed by atoms with Gasteiger partial charge in [0.2, 0.25) is 11.8 Å². The maximum atomic E-state index is 10.6. The Morgan fingerprint density at radius 1 is 0.913 bits per heavy atom. The summed E-state index contributed by atoms with van der Waals surface area (Å²) >= 11 is 0. The zero-order valence-electron chi connectivity index (χ0n) is 23.1. The van der Waals surface area contributed by atoms with Crippen LogP contribution >= 0.6 is 0 Å². The Morgan fingerprint density at radius 3 is 1.74 bits per heavy atom. The third-order valence-electron chi connectivity index (χ3n) is 5.88. The van der Waals surface area contributed by atoms with Crippen molar-refractivity contribution in [3.05, 3.63) is 42.4 Å². The number of nitrogens with zero attached hydrogens (tertiary/aromatic N) is 6. The number of pyridine rings is 1. The molecule has 2 aromatic rings. The van der Waals surface area contributed by atoms with Crippen molar-refractivity contribution in [3.63, 3.8) is 0 Å². The Balaban J connectivity index is 0.000000413. The summed E-state index contributed by atoms with van der Waals surface area (Å²) in [5.74, 6) is -6.41. The van der Waals surface area contributed by atoms with E-state index in [1.165, 1.54) is 0 Å². The van der Waals surface area contributed by atoms with Gasteiger partial charge in [-0.15, -0.1) is 0 Å². The van der Waals surface area contributed by atoms with Gasteiger partial charge in [-0.05, 0) is 25.6 Å². The molecule has 2 aliphatic heterocycles. The first-order chi connectivity index (χ1) is 21.0. The average Bonchev–Trinajstić information content (AvgIpc) is 3.27. The Labute approximate surface area is 252 Å². The molecule has 0 aromatic carbocycles. The smallest absolute Gasteiger partial charge is 0.477 e. The first-order valence-corrected chi connectivity index (χ1v) is 12.1. The van der Waals surface area contributed by atoms with E-state index in [9.17, 15) is 39.5 Å². The van der Waals surface area contributed by atoms with Crippen molar-refractivity contribution in [1.82, 2.24) is 19.9 Å². The highest BCUT2D eigenvalue weighted by Crippen LogP contribution is 2.40. The summed E-state index contributed by atoms with van der Waals surface area (Å²) in [6, 6.07) is 7.38. The number of carboxylic acids is 3. The van der Waals surface area contributed by atoms with E-state index in [0.717, 1.165) is 32.0 Å². The van der Waals surface area contributed by atoms with Crippen LogP contribution in [0.15, 0.2) is 36.8 Å². The Hall–Kier alpha value is -4.94. The van der Waals surface area contributed by atoms with Crippen molar-refractivity contribution in [2.24, 2.45) is 5.92 Å². The highest BCUT2D eigenvalue weighted by atomic mass is 19.4. The first-order valence-electron chi connectivity index (χ1n) is 12.1. The SMILES string of the molecule is CN1CC(COc2ccc(C#N)cn2)CC12CN(c1ncccn1)C2.O=C(O)C(F)(F)F.O=C(O)C(F)(F)F.O=C(O)C(F)(F)F. The van der Waals surface area contributed by atoms with Crippen molar-refractivity contribution in [2.45, 2.75) is 30.5 Å². The van der Waals surface area contributed by atoms with E-state index in [1.54, 1.807) is 30.7 Å². The fourth-order valence-corrected chi connectivity index (χ4v) is 3.82. The summed E-state index contributed by atoms with van der Waals surface area (Å²) in [6.07, 6.45) is -9.04. The number of carbonyl (C=O) groups is 3. The molecule has 0 aliphatic carbocycles. The molecule has 0 bridgehead atoms. The van der Waals surface area contributed by atoms with E-state index in [0.29, 0.717) is 24.0 Å². The second-order valence-electron chi connectivity index (χ2n) is 9.30. The summed E-state index contributed by atoms with van der Waals surface area (Å²) < 4.78 is 101. The van der Waals surface area contributed by atoms with Gasteiger partial charge in [0.1, 0.15) is 6.07 Å². The number of hydrogen-bond acceptors (Lipinski definition) is 10. The van der Waals surface area contributed by atoms with E-state index in [1.807, 2.05) is 6.07 Å². The van der Waals surface area contributed by atoms with Crippen LogP contribution in [0.3, 0.4) is 0 Å².